The summed E-state index contributed by atoms with van der Waals surface area (Å²) >= 11 is 0. The van der Waals surface area contributed by atoms with E-state index in [-0.39, 0.29) is 11.3 Å². The van der Waals surface area contributed by atoms with Gasteiger partial charge < -0.3 is 10.0 Å². The highest BCUT2D eigenvalue weighted by atomic mass is 16.6. The Morgan fingerprint density at radius 1 is 1.14 bits per heavy atom. The normalized spacial score (nSPS) is 13.0. The Labute approximate surface area is 120 Å². The van der Waals surface area contributed by atoms with Crippen LogP contribution < -0.4 is 4.90 Å². The average Bonchev–Trinajstić information content (AvgIpc) is 2.90. The second-order valence-corrected chi connectivity index (χ2v) is 4.77. The van der Waals surface area contributed by atoms with Crippen molar-refractivity contribution in [3.63, 3.8) is 0 Å². The molecule has 0 atom stereocenters. The van der Waals surface area contributed by atoms with Crippen LogP contribution >= 0.6 is 0 Å². The van der Waals surface area contributed by atoms with Crippen LogP contribution in [0, 0.1) is 10.1 Å². The van der Waals surface area contributed by atoms with Crippen molar-refractivity contribution in [3.05, 3.63) is 63.7 Å². The van der Waals surface area contributed by atoms with E-state index in [1.807, 2.05) is 24.3 Å². The van der Waals surface area contributed by atoms with E-state index in [2.05, 4.69) is 0 Å². The number of carboxylic acid groups (broad SMARTS) is 1. The van der Waals surface area contributed by atoms with Gasteiger partial charge in [-0.3, -0.25) is 10.1 Å². The lowest BCUT2D eigenvalue weighted by Crippen LogP contribution is -2.16. The van der Waals surface area contributed by atoms with Crippen LogP contribution in [0.5, 0.6) is 0 Å². The minimum Gasteiger partial charge on any atom is -0.477 e. The first-order chi connectivity index (χ1) is 10.1. The molecule has 0 aliphatic carbocycles. The highest BCUT2D eigenvalue weighted by molar-refractivity contribution is 5.96. The fourth-order valence-electron chi connectivity index (χ4n) is 2.70. The van der Waals surface area contributed by atoms with Gasteiger partial charge in [0.05, 0.1) is 4.92 Å². The monoisotopic (exact) mass is 284 g/mol. The molecule has 0 saturated heterocycles. The Morgan fingerprint density at radius 2 is 1.86 bits per heavy atom. The molecule has 2 aromatic carbocycles. The van der Waals surface area contributed by atoms with Crippen molar-refractivity contribution < 1.29 is 14.8 Å². The third kappa shape index (κ3) is 2.10. The molecule has 0 saturated carbocycles. The van der Waals surface area contributed by atoms with Gasteiger partial charge in [0, 0.05) is 12.2 Å². The largest absolute Gasteiger partial charge is 0.477 e. The Balaban J connectivity index is 2.18. The molecule has 106 valence electrons. The molecule has 2 aromatic rings. The van der Waals surface area contributed by atoms with Crippen LogP contribution in [0.3, 0.4) is 0 Å². The second kappa shape index (κ2) is 4.90. The van der Waals surface area contributed by atoms with Crippen LogP contribution in [0.1, 0.15) is 15.9 Å². The number of anilines is 2. The minimum absolute atomic E-state index is 0.290. The zero-order valence-corrected chi connectivity index (χ0v) is 11.0. The van der Waals surface area contributed by atoms with Gasteiger partial charge in [-0.2, -0.15) is 0 Å². The SMILES string of the molecule is O=C(O)c1cccc(N2CCc3ccccc32)c1[N+](=O)[O-]. The first-order valence-corrected chi connectivity index (χ1v) is 6.45. The number of rotatable bonds is 3. The first kappa shape index (κ1) is 13.1. The van der Waals surface area contributed by atoms with Crippen molar-refractivity contribution in [2.75, 3.05) is 11.4 Å². The molecule has 0 radical (unpaired) electrons. The molecule has 1 heterocycles. The Morgan fingerprint density at radius 3 is 2.57 bits per heavy atom. The lowest BCUT2D eigenvalue weighted by Gasteiger charge is -2.19. The van der Waals surface area contributed by atoms with Crippen molar-refractivity contribution in [1.82, 2.24) is 0 Å². The van der Waals surface area contributed by atoms with Crippen LogP contribution in [-0.2, 0) is 6.42 Å². The van der Waals surface area contributed by atoms with Gasteiger partial charge in [0.15, 0.2) is 0 Å². The minimum atomic E-state index is -1.30. The molecule has 1 N–H and O–H groups in total. The summed E-state index contributed by atoms with van der Waals surface area (Å²) in [4.78, 5) is 23.7. The summed E-state index contributed by atoms with van der Waals surface area (Å²) in [5, 5.41) is 20.5. The summed E-state index contributed by atoms with van der Waals surface area (Å²) in [5.41, 5.74) is 1.67. The molecule has 6 heteroatoms. The van der Waals surface area contributed by atoms with Gasteiger partial charge in [0.2, 0.25) is 0 Å². The topological polar surface area (TPSA) is 83.7 Å². The molecule has 21 heavy (non-hydrogen) atoms. The van der Waals surface area contributed by atoms with Gasteiger partial charge in [0.1, 0.15) is 11.3 Å². The van der Waals surface area contributed by atoms with Gasteiger partial charge in [-0.15, -0.1) is 0 Å². The van der Waals surface area contributed by atoms with Crippen LogP contribution in [0.15, 0.2) is 42.5 Å². The van der Waals surface area contributed by atoms with Crippen molar-refractivity contribution in [2.45, 2.75) is 6.42 Å². The van der Waals surface area contributed by atoms with E-state index in [9.17, 15) is 14.9 Å². The van der Waals surface area contributed by atoms with Gasteiger partial charge in [0.25, 0.3) is 0 Å². The lowest BCUT2D eigenvalue weighted by atomic mass is 10.1. The number of nitrogens with zero attached hydrogens (tertiary/aromatic N) is 2. The summed E-state index contributed by atoms with van der Waals surface area (Å²) in [7, 11) is 0. The Kier molecular flexibility index (Phi) is 3.06. The molecule has 1 aliphatic heterocycles. The van der Waals surface area contributed by atoms with Crippen molar-refractivity contribution in [1.29, 1.82) is 0 Å². The van der Waals surface area contributed by atoms with Crippen LogP contribution in [0.2, 0.25) is 0 Å². The molecule has 0 aromatic heterocycles. The lowest BCUT2D eigenvalue weighted by molar-refractivity contribution is -0.384. The van der Waals surface area contributed by atoms with E-state index in [0.717, 1.165) is 17.7 Å². The van der Waals surface area contributed by atoms with E-state index in [0.29, 0.717) is 12.2 Å². The van der Waals surface area contributed by atoms with E-state index in [4.69, 9.17) is 5.11 Å². The number of benzene rings is 2. The summed E-state index contributed by atoms with van der Waals surface area (Å²) in [5.74, 6) is -1.30. The quantitative estimate of drug-likeness (QED) is 0.692. The maximum absolute atomic E-state index is 11.3. The molecule has 0 fully saturated rings. The summed E-state index contributed by atoms with van der Waals surface area (Å²) in [6.45, 7) is 0.600. The predicted octanol–water partition coefficient (Wildman–Crippen LogP) is 2.99. The van der Waals surface area contributed by atoms with Crippen molar-refractivity contribution in [2.24, 2.45) is 0 Å². The number of nitro groups is 1. The molecule has 1 aliphatic rings. The summed E-state index contributed by atoms with van der Waals surface area (Å²) in [6.07, 6.45) is 0.782. The Bertz CT molecular complexity index is 742. The molecule has 0 spiro atoms. The molecular weight excluding hydrogens is 272 g/mol. The molecule has 3 rings (SSSR count). The second-order valence-electron chi connectivity index (χ2n) is 4.77. The van der Waals surface area contributed by atoms with Crippen LogP contribution in [0.4, 0.5) is 17.1 Å². The number of carbonyl (C=O) groups is 1. The molecule has 0 unspecified atom stereocenters. The summed E-state index contributed by atoms with van der Waals surface area (Å²) < 4.78 is 0. The smallest absolute Gasteiger partial charge is 0.342 e. The number of nitro benzene ring substituents is 1. The highest BCUT2D eigenvalue weighted by Crippen LogP contribution is 2.40. The van der Waals surface area contributed by atoms with E-state index in [1.165, 1.54) is 12.1 Å². The van der Waals surface area contributed by atoms with Gasteiger partial charge >= 0.3 is 11.7 Å². The maximum atomic E-state index is 11.3. The van der Waals surface area contributed by atoms with Crippen LogP contribution in [-0.4, -0.2) is 22.5 Å². The number of hydrogen-bond acceptors (Lipinski definition) is 4. The van der Waals surface area contributed by atoms with E-state index in [1.54, 1.807) is 11.0 Å². The number of para-hydroxylation sites is 2. The Hall–Kier alpha value is -2.89. The summed E-state index contributed by atoms with van der Waals surface area (Å²) in [6, 6.07) is 12.0. The zero-order chi connectivity index (χ0) is 15.0. The molecule has 0 amide bonds. The third-order valence-corrected chi connectivity index (χ3v) is 3.61. The highest BCUT2D eigenvalue weighted by Gasteiger charge is 2.30. The fourth-order valence-corrected chi connectivity index (χ4v) is 2.70. The molecule has 0 bridgehead atoms. The number of fused-ring (bicyclic) bond motifs is 1. The predicted molar refractivity (Wildman–Crippen MR) is 77.2 cm³/mol. The maximum Gasteiger partial charge on any atom is 0.342 e. The van der Waals surface area contributed by atoms with Gasteiger partial charge in [-0.05, 0) is 30.2 Å². The van der Waals surface area contributed by atoms with Crippen molar-refractivity contribution >= 4 is 23.0 Å². The standard InChI is InChI=1S/C15H12N2O4/c18-15(19)11-5-3-7-13(14(11)17(20)21)16-9-8-10-4-1-2-6-12(10)16/h1-7H,8-9H2,(H,18,19). The van der Waals surface area contributed by atoms with Crippen molar-refractivity contribution in [3.8, 4) is 0 Å². The third-order valence-electron chi connectivity index (χ3n) is 3.61. The zero-order valence-electron chi connectivity index (χ0n) is 11.0. The number of aromatic carboxylic acids is 1. The fraction of sp³-hybridized carbons (Fsp3) is 0.133. The average molecular weight is 284 g/mol. The van der Waals surface area contributed by atoms with Gasteiger partial charge in [-0.25, -0.2) is 4.79 Å². The van der Waals surface area contributed by atoms with Gasteiger partial charge in [-0.1, -0.05) is 24.3 Å². The molecule has 6 nitrogen and oxygen atoms in total. The number of carboxylic acids is 1. The van der Waals surface area contributed by atoms with Crippen LogP contribution in [0.25, 0.3) is 0 Å². The first-order valence-electron chi connectivity index (χ1n) is 6.45. The molecular formula is C15H12N2O4. The number of hydrogen-bond donors (Lipinski definition) is 1. The van der Waals surface area contributed by atoms with E-state index < -0.39 is 10.9 Å². The van der Waals surface area contributed by atoms with E-state index >= 15 is 0 Å².